The Kier molecular flexibility index (Phi) is 4.85. The first-order chi connectivity index (χ1) is 13.2. The number of hydrogen-bond acceptors (Lipinski definition) is 4. The van der Waals surface area contributed by atoms with Crippen LogP contribution in [0.1, 0.15) is 5.56 Å². The van der Waals surface area contributed by atoms with Crippen LogP contribution in [0.3, 0.4) is 0 Å². The summed E-state index contributed by atoms with van der Waals surface area (Å²) in [5, 5.41) is 0.646. The molecule has 27 heavy (non-hydrogen) atoms. The Labute approximate surface area is 161 Å². The van der Waals surface area contributed by atoms with Gasteiger partial charge in [0.15, 0.2) is 11.7 Å². The molecule has 4 rings (SSSR count). The fourth-order valence-electron chi connectivity index (χ4n) is 2.84. The number of amides is 1. The van der Waals surface area contributed by atoms with Crippen molar-refractivity contribution in [1.82, 2.24) is 4.98 Å². The maximum Gasteiger partial charge on any atom is 0.271 e. The van der Waals surface area contributed by atoms with Crippen LogP contribution in [0, 0.1) is 6.92 Å². The van der Waals surface area contributed by atoms with Crippen LogP contribution in [0.2, 0.25) is 0 Å². The number of hydrogen-bond donors (Lipinski definition) is 0. The highest BCUT2D eigenvalue weighted by Crippen LogP contribution is 2.35. The molecule has 0 atom stereocenters. The van der Waals surface area contributed by atoms with Crippen LogP contribution in [0.15, 0.2) is 78.9 Å². The third-order valence-corrected chi connectivity index (χ3v) is 5.21. The number of anilines is 2. The third-order valence-electron chi connectivity index (χ3n) is 4.19. The number of carbonyl (C=O) groups excluding carboxylic acids is 1. The van der Waals surface area contributed by atoms with Gasteiger partial charge >= 0.3 is 0 Å². The van der Waals surface area contributed by atoms with Gasteiger partial charge in [-0.1, -0.05) is 59.9 Å². The van der Waals surface area contributed by atoms with E-state index in [1.165, 1.54) is 11.3 Å². The number of ether oxygens (including phenoxy) is 1. The second-order valence-electron chi connectivity index (χ2n) is 6.08. The smallest absolute Gasteiger partial charge is 0.271 e. The molecule has 0 N–H and O–H groups in total. The molecule has 1 aromatic heterocycles. The standard InChI is InChI=1S/C22H18N2O2S/c1-16-9-5-7-13-19(16)24(21(25)15-26-17-10-3-2-4-11-17)22-23-18-12-6-8-14-20(18)27-22/h2-14H,15H2,1H3. The summed E-state index contributed by atoms with van der Waals surface area (Å²) >= 11 is 1.50. The molecule has 0 aliphatic rings. The second-order valence-corrected chi connectivity index (χ2v) is 7.09. The molecule has 0 radical (unpaired) electrons. The lowest BCUT2D eigenvalue weighted by molar-refractivity contribution is -0.119. The van der Waals surface area contributed by atoms with E-state index in [0.29, 0.717) is 10.9 Å². The lowest BCUT2D eigenvalue weighted by Crippen LogP contribution is -2.31. The Hall–Kier alpha value is -3.18. The van der Waals surface area contributed by atoms with Crippen molar-refractivity contribution >= 4 is 38.3 Å². The molecular formula is C22H18N2O2S. The van der Waals surface area contributed by atoms with Crippen LogP contribution < -0.4 is 9.64 Å². The van der Waals surface area contributed by atoms with Crippen molar-refractivity contribution in [3.8, 4) is 5.75 Å². The molecule has 0 aliphatic heterocycles. The molecule has 0 unspecified atom stereocenters. The van der Waals surface area contributed by atoms with Gasteiger partial charge in [-0.2, -0.15) is 0 Å². The van der Waals surface area contributed by atoms with E-state index in [0.717, 1.165) is 21.5 Å². The first-order valence-electron chi connectivity index (χ1n) is 8.64. The van der Waals surface area contributed by atoms with Gasteiger partial charge in [0, 0.05) is 0 Å². The molecule has 0 fully saturated rings. The molecule has 0 aliphatic carbocycles. The van der Waals surface area contributed by atoms with Crippen molar-refractivity contribution in [3.05, 3.63) is 84.4 Å². The second kappa shape index (κ2) is 7.60. The number of para-hydroxylation sites is 3. The lowest BCUT2D eigenvalue weighted by Gasteiger charge is -2.22. The van der Waals surface area contributed by atoms with E-state index in [1.54, 1.807) is 4.90 Å². The van der Waals surface area contributed by atoms with Gasteiger partial charge < -0.3 is 4.74 Å². The molecular weight excluding hydrogens is 356 g/mol. The van der Waals surface area contributed by atoms with E-state index >= 15 is 0 Å². The van der Waals surface area contributed by atoms with Crippen molar-refractivity contribution in [2.24, 2.45) is 0 Å². The minimum absolute atomic E-state index is 0.0612. The predicted molar refractivity (Wildman–Crippen MR) is 110 cm³/mol. The Bertz CT molecular complexity index is 1040. The number of thiazole rings is 1. The zero-order valence-electron chi connectivity index (χ0n) is 14.8. The highest BCUT2D eigenvalue weighted by atomic mass is 32.1. The quantitative estimate of drug-likeness (QED) is 0.473. The monoisotopic (exact) mass is 374 g/mol. The third kappa shape index (κ3) is 3.68. The molecule has 5 heteroatoms. The maximum atomic E-state index is 13.1. The SMILES string of the molecule is Cc1ccccc1N(C(=O)COc1ccccc1)c1nc2ccccc2s1. The van der Waals surface area contributed by atoms with E-state index in [-0.39, 0.29) is 12.5 Å². The average Bonchev–Trinajstić information content (AvgIpc) is 3.12. The van der Waals surface area contributed by atoms with Crippen LogP contribution in [-0.2, 0) is 4.79 Å². The number of aromatic nitrogens is 1. The molecule has 0 saturated carbocycles. The molecule has 1 heterocycles. The summed E-state index contributed by atoms with van der Waals surface area (Å²) in [5.41, 5.74) is 2.70. The number of nitrogens with zero attached hydrogens (tertiary/aromatic N) is 2. The van der Waals surface area contributed by atoms with Crippen molar-refractivity contribution in [2.75, 3.05) is 11.5 Å². The summed E-state index contributed by atoms with van der Waals surface area (Å²) < 4.78 is 6.74. The van der Waals surface area contributed by atoms with E-state index in [2.05, 4.69) is 4.98 Å². The van der Waals surface area contributed by atoms with E-state index in [4.69, 9.17) is 4.74 Å². The van der Waals surface area contributed by atoms with Gasteiger partial charge in [-0.25, -0.2) is 4.98 Å². The van der Waals surface area contributed by atoms with Gasteiger partial charge in [0.05, 0.1) is 15.9 Å². The Morgan fingerprint density at radius 2 is 1.67 bits per heavy atom. The first kappa shape index (κ1) is 17.2. The minimum Gasteiger partial charge on any atom is -0.484 e. The molecule has 0 spiro atoms. The van der Waals surface area contributed by atoms with E-state index in [1.807, 2.05) is 85.8 Å². The zero-order valence-corrected chi connectivity index (χ0v) is 15.6. The summed E-state index contributed by atoms with van der Waals surface area (Å²) in [6.07, 6.45) is 0. The highest BCUT2D eigenvalue weighted by molar-refractivity contribution is 7.22. The number of rotatable bonds is 5. The number of benzene rings is 3. The summed E-state index contributed by atoms with van der Waals surface area (Å²) in [6, 6.07) is 25.0. The summed E-state index contributed by atoms with van der Waals surface area (Å²) in [5.74, 6) is 0.507. The lowest BCUT2D eigenvalue weighted by atomic mass is 10.2. The number of aryl methyl sites for hydroxylation is 1. The maximum absolute atomic E-state index is 13.1. The van der Waals surface area contributed by atoms with Crippen LogP contribution in [0.4, 0.5) is 10.8 Å². The Morgan fingerprint density at radius 3 is 2.44 bits per heavy atom. The molecule has 1 amide bonds. The zero-order chi connectivity index (χ0) is 18.6. The van der Waals surface area contributed by atoms with Crippen molar-refractivity contribution < 1.29 is 9.53 Å². The van der Waals surface area contributed by atoms with E-state index in [9.17, 15) is 4.79 Å². The fourth-order valence-corrected chi connectivity index (χ4v) is 3.84. The average molecular weight is 374 g/mol. The van der Waals surface area contributed by atoms with Crippen LogP contribution in [-0.4, -0.2) is 17.5 Å². The number of carbonyl (C=O) groups is 1. The Balaban J connectivity index is 1.69. The summed E-state index contributed by atoms with van der Waals surface area (Å²) in [6.45, 7) is 1.93. The van der Waals surface area contributed by atoms with Crippen LogP contribution >= 0.6 is 11.3 Å². The van der Waals surface area contributed by atoms with Gasteiger partial charge in [-0.3, -0.25) is 9.69 Å². The van der Waals surface area contributed by atoms with Crippen LogP contribution in [0.5, 0.6) is 5.75 Å². The molecule has 0 saturated heterocycles. The predicted octanol–water partition coefficient (Wildman–Crippen LogP) is 5.35. The van der Waals surface area contributed by atoms with Gasteiger partial charge in [-0.15, -0.1) is 0 Å². The summed E-state index contributed by atoms with van der Waals surface area (Å²) in [4.78, 5) is 19.4. The molecule has 134 valence electrons. The number of fused-ring (bicyclic) bond motifs is 1. The van der Waals surface area contributed by atoms with Gasteiger partial charge in [0.1, 0.15) is 5.75 Å². The molecule has 4 nitrogen and oxygen atoms in total. The van der Waals surface area contributed by atoms with Gasteiger partial charge in [-0.05, 0) is 42.8 Å². The molecule has 3 aromatic carbocycles. The normalized spacial score (nSPS) is 10.7. The first-order valence-corrected chi connectivity index (χ1v) is 9.46. The van der Waals surface area contributed by atoms with Gasteiger partial charge in [0.2, 0.25) is 0 Å². The highest BCUT2D eigenvalue weighted by Gasteiger charge is 2.23. The van der Waals surface area contributed by atoms with E-state index < -0.39 is 0 Å². The van der Waals surface area contributed by atoms with Crippen LogP contribution in [0.25, 0.3) is 10.2 Å². The molecule has 0 bridgehead atoms. The topological polar surface area (TPSA) is 42.4 Å². The van der Waals surface area contributed by atoms with Crippen molar-refractivity contribution in [1.29, 1.82) is 0 Å². The Morgan fingerprint density at radius 1 is 0.963 bits per heavy atom. The summed E-state index contributed by atoms with van der Waals surface area (Å²) in [7, 11) is 0. The van der Waals surface area contributed by atoms with Gasteiger partial charge in [0.25, 0.3) is 5.91 Å². The molecule has 4 aromatic rings. The minimum atomic E-state index is -0.160. The fraction of sp³-hybridized carbons (Fsp3) is 0.0909. The largest absolute Gasteiger partial charge is 0.484 e. The van der Waals surface area contributed by atoms with Crippen molar-refractivity contribution in [3.63, 3.8) is 0 Å². The van der Waals surface area contributed by atoms with Crippen molar-refractivity contribution in [2.45, 2.75) is 6.92 Å².